The Morgan fingerprint density at radius 3 is 2.83 bits per heavy atom. The van der Waals surface area contributed by atoms with Crippen LogP contribution in [-0.4, -0.2) is 12.6 Å². The fourth-order valence-electron chi connectivity index (χ4n) is 1.78. The van der Waals surface area contributed by atoms with Gasteiger partial charge in [0, 0.05) is 18.1 Å². The van der Waals surface area contributed by atoms with Crippen molar-refractivity contribution in [3.05, 3.63) is 11.1 Å². The number of nitrogens with one attached hydrogen (secondary N) is 1. The first kappa shape index (κ1) is 10.1. The van der Waals surface area contributed by atoms with Crippen LogP contribution >= 0.6 is 11.6 Å². The van der Waals surface area contributed by atoms with E-state index in [-0.39, 0.29) is 0 Å². The minimum absolute atomic E-state index is 0.719. The quantitative estimate of drug-likeness (QED) is 0.717. The Kier molecular flexibility index (Phi) is 4.10. The fraction of sp³-hybridized carbons (Fsp3) is 0.800. The second-order valence-corrected chi connectivity index (χ2v) is 4.07. The van der Waals surface area contributed by atoms with Gasteiger partial charge in [-0.05, 0) is 31.3 Å². The van der Waals surface area contributed by atoms with Gasteiger partial charge in [-0.1, -0.05) is 24.9 Å². The molecular weight excluding hydrogens is 170 g/mol. The van der Waals surface area contributed by atoms with Crippen molar-refractivity contribution in [2.45, 2.75) is 39.2 Å². The minimum Gasteiger partial charge on any atom is -0.310 e. The minimum atomic E-state index is 0.719. The molecule has 1 nitrogen and oxygen atoms in total. The van der Waals surface area contributed by atoms with E-state index < -0.39 is 0 Å². The number of halogens is 1. The van der Waals surface area contributed by atoms with E-state index in [0.717, 1.165) is 18.5 Å². The average molecular weight is 188 g/mol. The van der Waals surface area contributed by atoms with Crippen LogP contribution in [0.3, 0.4) is 0 Å². The molecule has 1 saturated carbocycles. The zero-order valence-electron chi connectivity index (χ0n) is 7.94. The van der Waals surface area contributed by atoms with Gasteiger partial charge in [0.05, 0.1) is 0 Å². The summed E-state index contributed by atoms with van der Waals surface area (Å²) < 4.78 is 0. The van der Waals surface area contributed by atoms with Crippen LogP contribution in [0.2, 0.25) is 0 Å². The van der Waals surface area contributed by atoms with Crippen molar-refractivity contribution in [2.24, 2.45) is 5.92 Å². The lowest BCUT2D eigenvalue weighted by atomic mass is 10.1. The SMILES string of the molecule is CC(=CCl)CNC1CCCC1C. The standard InChI is InChI=1S/C10H18ClN/c1-8(6-11)7-12-10-5-3-4-9(10)2/h6,9-10,12H,3-5,7H2,1-2H3. The zero-order valence-corrected chi connectivity index (χ0v) is 8.69. The van der Waals surface area contributed by atoms with Crippen LogP contribution in [0, 0.1) is 5.92 Å². The van der Waals surface area contributed by atoms with Crippen LogP contribution in [0.1, 0.15) is 33.1 Å². The molecule has 2 heteroatoms. The van der Waals surface area contributed by atoms with Crippen LogP contribution in [0.25, 0.3) is 0 Å². The molecule has 1 aliphatic rings. The largest absolute Gasteiger partial charge is 0.310 e. The highest BCUT2D eigenvalue weighted by Gasteiger charge is 2.22. The Hall–Kier alpha value is -0.0100. The molecule has 1 N–H and O–H groups in total. The molecule has 1 fully saturated rings. The molecule has 1 rings (SSSR count). The van der Waals surface area contributed by atoms with Gasteiger partial charge in [-0.25, -0.2) is 0 Å². The smallest absolute Gasteiger partial charge is 0.0176 e. The van der Waals surface area contributed by atoms with Gasteiger partial charge < -0.3 is 5.32 Å². The van der Waals surface area contributed by atoms with Gasteiger partial charge in [0.25, 0.3) is 0 Å². The van der Waals surface area contributed by atoms with E-state index in [9.17, 15) is 0 Å². The van der Waals surface area contributed by atoms with E-state index in [2.05, 4.69) is 19.2 Å². The van der Waals surface area contributed by atoms with Crippen LogP contribution in [0.15, 0.2) is 11.1 Å². The summed E-state index contributed by atoms with van der Waals surface area (Å²) in [6, 6.07) is 0.719. The first-order chi connectivity index (χ1) is 5.74. The van der Waals surface area contributed by atoms with E-state index in [1.165, 1.54) is 24.8 Å². The van der Waals surface area contributed by atoms with Crippen molar-refractivity contribution >= 4 is 11.6 Å². The third-order valence-electron chi connectivity index (χ3n) is 2.69. The van der Waals surface area contributed by atoms with E-state index >= 15 is 0 Å². The predicted molar refractivity (Wildman–Crippen MR) is 54.4 cm³/mol. The van der Waals surface area contributed by atoms with E-state index in [1.54, 1.807) is 5.54 Å². The van der Waals surface area contributed by atoms with Gasteiger partial charge >= 0.3 is 0 Å². The van der Waals surface area contributed by atoms with Crippen LogP contribution in [-0.2, 0) is 0 Å². The summed E-state index contributed by atoms with van der Waals surface area (Å²) in [5.41, 5.74) is 2.88. The second-order valence-electron chi connectivity index (χ2n) is 3.85. The summed E-state index contributed by atoms with van der Waals surface area (Å²) >= 11 is 5.57. The Morgan fingerprint density at radius 1 is 1.58 bits per heavy atom. The van der Waals surface area contributed by atoms with E-state index in [4.69, 9.17) is 11.6 Å². The number of hydrogen-bond acceptors (Lipinski definition) is 1. The number of hydrogen-bond donors (Lipinski definition) is 1. The van der Waals surface area contributed by atoms with Gasteiger partial charge in [-0.3, -0.25) is 0 Å². The van der Waals surface area contributed by atoms with Gasteiger partial charge in [-0.2, -0.15) is 0 Å². The van der Waals surface area contributed by atoms with Gasteiger partial charge in [-0.15, -0.1) is 0 Å². The van der Waals surface area contributed by atoms with Gasteiger partial charge in [0.2, 0.25) is 0 Å². The lowest BCUT2D eigenvalue weighted by molar-refractivity contribution is 0.441. The van der Waals surface area contributed by atoms with E-state index in [0.29, 0.717) is 0 Å². The summed E-state index contributed by atoms with van der Waals surface area (Å²) in [5, 5.41) is 3.53. The molecule has 2 unspecified atom stereocenters. The van der Waals surface area contributed by atoms with Crippen LogP contribution in [0.5, 0.6) is 0 Å². The molecule has 0 amide bonds. The summed E-state index contributed by atoms with van der Waals surface area (Å²) in [5.74, 6) is 0.841. The maximum Gasteiger partial charge on any atom is 0.0176 e. The highest BCUT2D eigenvalue weighted by atomic mass is 35.5. The van der Waals surface area contributed by atoms with Gasteiger partial charge in [0.1, 0.15) is 0 Å². The fourth-order valence-corrected chi connectivity index (χ4v) is 1.86. The lowest BCUT2D eigenvalue weighted by Gasteiger charge is -2.16. The third kappa shape index (κ3) is 2.80. The summed E-state index contributed by atoms with van der Waals surface area (Å²) in [4.78, 5) is 0. The highest BCUT2D eigenvalue weighted by molar-refractivity contribution is 6.25. The first-order valence-electron chi connectivity index (χ1n) is 4.73. The monoisotopic (exact) mass is 187 g/mol. The van der Waals surface area contributed by atoms with Crippen molar-refractivity contribution in [3.63, 3.8) is 0 Å². The van der Waals surface area contributed by atoms with E-state index in [1.807, 2.05) is 0 Å². The molecule has 0 heterocycles. The summed E-state index contributed by atoms with van der Waals surface area (Å²) in [6.07, 6.45) is 4.08. The lowest BCUT2D eigenvalue weighted by Crippen LogP contribution is -2.32. The maximum atomic E-state index is 5.57. The molecule has 1 aliphatic carbocycles. The van der Waals surface area contributed by atoms with Gasteiger partial charge in [0.15, 0.2) is 0 Å². The zero-order chi connectivity index (χ0) is 8.97. The molecule has 0 aliphatic heterocycles. The maximum absolute atomic E-state index is 5.57. The molecule has 12 heavy (non-hydrogen) atoms. The Labute approximate surface area is 80.2 Å². The first-order valence-corrected chi connectivity index (χ1v) is 5.17. The van der Waals surface area contributed by atoms with Crippen LogP contribution < -0.4 is 5.32 Å². The molecule has 0 aromatic carbocycles. The Balaban J connectivity index is 2.22. The highest BCUT2D eigenvalue weighted by Crippen LogP contribution is 2.24. The van der Waals surface area contributed by atoms with Crippen LogP contribution in [0.4, 0.5) is 0 Å². The summed E-state index contributed by atoms with van der Waals surface area (Å²) in [6.45, 7) is 5.32. The molecule has 0 radical (unpaired) electrons. The van der Waals surface area contributed by atoms with Crippen molar-refractivity contribution in [1.82, 2.24) is 5.32 Å². The average Bonchev–Trinajstić information content (AvgIpc) is 2.47. The molecule has 70 valence electrons. The molecule has 0 saturated heterocycles. The van der Waals surface area contributed by atoms with Crippen molar-refractivity contribution in [1.29, 1.82) is 0 Å². The Bertz CT molecular complexity index is 165. The normalized spacial score (nSPS) is 31.1. The molecule has 0 bridgehead atoms. The molecule has 0 aromatic rings. The van der Waals surface area contributed by atoms with Crippen molar-refractivity contribution in [2.75, 3.05) is 6.54 Å². The topological polar surface area (TPSA) is 12.0 Å². The van der Waals surface area contributed by atoms with Crippen molar-refractivity contribution in [3.8, 4) is 0 Å². The molecule has 2 atom stereocenters. The molecule has 0 spiro atoms. The summed E-state index contributed by atoms with van der Waals surface area (Å²) in [7, 11) is 0. The van der Waals surface area contributed by atoms with Crippen molar-refractivity contribution < 1.29 is 0 Å². The Morgan fingerprint density at radius 2 is 2.33 bits per heavy atom. The number of rotatable bonds is 3. The second kappa shape index (κ2) is 4.88. The predicted octanol–water partition coefficient (Wildman–Crippen LogP) is 2.91. The third-order valence-corrected chi connectivity index (χ3v) is 3.06. The molecular formula is C10H18ClN. The molecule has 0 aromatic heterocycles.